The van der Waals surface area contributed by atoms with E-state index in [1.165, 1.54) is 18.4 Å². The summed E-state index contributed by atoms with van der Waals surface area (Å²) < 4.78 is 18.8. The summed E-state index contributed by atoms with van der Waals surface area (Å²) >= 11 is 0. The van der Waals surface area contributed by atoms with E-state index in [4.69, 9.17) is 4.42 Å². The topological polar surface area (TPSA) is 62.6 Å². The Morgan fingerprint density at radius 3 is 2.79 bits per heavy atom. The first-order chi connectivity index (χ1) is 11.6. The Hall–Kier alpha value is -2.63. The van der Waals surface area contributed by atoms with Gasteiger partial charge in [0, 0.05) is 13.1 Å². The van der Waals surface area contributed by atoms with E-state index in [1.54, 1.807) is 30.0 Å². The number of aryl methyl sites for hydroxylation is 1. The molecule has 3 rings (SSSR count). The second-order valence-electron chi connectivity index (χ2n) is 5.95. The standard InChI is InChI=1S/C18H19FN2O3/c1-12-14(8-10-24-12)18(23)21-9-4-5-13(11-21)17(22)20-16-7-3-2-6-15(16)19/h2-3,6-8,10,13H,4-5,9,11H2,1H3,(H,20,22)/t13-/m0/s1. The molecule has 0 aliphatic carbocycles. The maximum absolute atomic E-state index is 13.7. The number of rotatable bonds is 3. The maximum Gasteiger partial charge on any atom is 0.257 e. The Balaban J connectivity index is 1.67. The molecule has 126 valence electrons. The van der Waals surface area contributed by atoms with Crippen LogP contribution in [0.1, 0.15) is 29.0 Å². The van der Waals surface area contributed by atoms with E-state index in [1.807, 2.05) is 0 Å². The molecule has 0 radical (unpaired) electrons. The average Bonchev–Trinajstić information content (AvgIpc) is 3.02. The smallest absolute Gasteiger partial charge is 0.257 e. The first-order valence-electron chi connectivity index (χ1n) is 7.95. The molecule has 0 spiro atoms. The number of piperidine rings is 1. The zero-order valence-corrected chi connectivity index (χ0v) is 13.4. The van der Waals surface area contributed by atoms with Crippen LogP contribution in [0.25, 0.3) is 0 Å². The minimum absolute atomic E-state index is 0.135. The summed E-state index contributed by atoms with van der Waals surface area (Å²) in [6, 6.07) is 7.69. The third-order valence-corrected chi connectivity index (χ3v) is 4.30. The van der Waals surface area contributed by atoms with E-state index in [-0.39, 0.29) is 23.4 Å². The summed E-state index contributed by atoms with van der Waals surface area (Å²) in [6.07, 6.45) is 2.89. The Bertz CT molecular complexity index is 756. The van der Waals surface area contributed by atoms with E-state index in [0.717, 1.165) is 6.42 Å². The summed E-state index contributed by atoms with van der Waals surface area (Å²) in [5.41, 5.74) is 0.682. The molecule has 1 aromatic carbocycles. The molecule has 1 atom stereocenters. The van der Waals surface area contributed by atoms with E-state index in [9.17, 15) is 14.0 Å². The van der Waals surface area contributed by atoms with Crippen molar-refractivity contribution in [1.82, 2.24) is 4.90 Å². The van der Waals surface area contributed by atoms with Crippen LogP contribution < -0.4 is 5.32 Å². The monoisotopic (exact) mass is 330 g/mol. The fourth-order valence-corrected chi connectivity index (χ4v) is 2.95. The molecule has 1 aliphatic heterocycles. The Kier molecular flexibility index (Phi) is 4.64. The molecule has 2 amide bonds. The fourth-order valence-electron chi connectivity index (χ4n) is 2.95. The van der Waals surface area contributed by atoms with Crippen LogP contribution in [0.3, 0.4) is 0 Å². The summed E-state index contributed by atoms with van der Waals surface area (Å²) in [5.74, 6) is -0.651. The highest BCUT2D eigenvalue weighted by atomic mass is 19.1. The molecule has 0 bridgehead atoms. The number of halogens is 1. The van der Waals surface area contributed by atoms with Crippen molar-refractivity contribution in [2.75, 3.05) is 18.4 Å². The fraction of sp³-hybridized carbons (Fsp3) is 0.333. The van der Waals surface area contributed by atoms with Gasteiger partial charge in [0.15, 0.2) is 0 Å². The van der Waals surface area contributed by atoms with Gasteiger partial charge < -0.3 is 14.6 Å². The molecule has 24 heavy (non-hydrogen) atoms. The van der Waals surface area contributed by atoms with Crippen LogP contribution in [-0.4, -0.2) is 29.8 Å². The van der Waals surface area contributed by atoms with Gasteiger partial charge in [-0.3, -0.25) is 9.59 Å². The summed E-state index contributed by atoms with van der Waals surface area (Å²) in [7, 11) is 0. The van der Waals surface area contributed by atoms with Gasteiger partial charge in [-0.05, 0) is 38.0 Å². The highest BCUT2D eigenvalue weighted by Gasteiger charge is 2.30. The molecule has 5 nitrogen and oxygen atoms in total. The van der Waals surface area contributed by atoms with Crippen molar-refractivity contribution in [2.45, 2.75) is 19.8 Å². The van der Waals surface area contributed by atoms with Crippen LogP contribution in [0.2, 0.25) is 0 Å². The predicted molar refractivity (Wildman–Crippen MR) is 87.1 cm³/mol. The van der Waals surface area contributed by atoms with Gasteiger partial charge >= 0.3 is 0 Å². The first-order valence-corrected chi connectivity index (χ1v) is 7.95. The van der Waals surface area contributed by atoms with Crippen LogP contribution >= 0.6 is 0 Å². The number of para-hydroxylation sites is 1. The van der Waals surface area contributed by atoms with Crippen molar-refractivity contribution in [3.8, 4) is 0 Å². The second kappa shape index (κ2) is 6.86. The number of carbonyl (C=O) groups excluding carboxylic acids is 2. The molecule has 1 saturated heterocycles. The molecular formula is C18H19FN2O3. The summed E-state index contributed by atoms with van der Waals surface area (Å²) in [5, 5.41) is 2.62. The van der Waals surface area contributed by atoms with Crippen molar-refractivity contribution in [1.29, 1.82) is 0 Å². The van der Waals surface area contributed by atoms with E-state index < -0.39 is 5.82 Å². The molecule has 2 aromatic rings. The first kappa shape index (κ1) is 16.2. The number of nitrogens with zero attached hydrogens (tertiary/aromatic N) is 1. The zero-order valence-electron chi connectivity index (χ0n) is 13.4. The van der Waals surface area contributed by atoms with Crippen molar-refractivity contribution >= 4 is 17.5 Å². The molecule has 0 saturated carbocycles. The van der Waals surface area contributed by atoms with E-state index in [0.29, 0.717) is 30.8 Å². The lowest BCUT2D eigenvalue weighted by atomic mass is 9.96. The number of amides is 2. The summed E-state index contributed by atoms with van der Waals surface area (Å²) in [4.78, 5) is 26.6. The number of nitrogens with one attached hydrogen (secondary N) is 1. The number of hydrogen-bond acceptors (Lipinski definition) is 3. The molecule has 0 unspecified atom stereocenters. The second-order valence-corrected chi connectivity index (χ2v) is 5.95. The third-order valence-electron chi connectivity index (χ3n) is 4.30. The minimum atomic E-state index is -0.469. The van der Waals surface area contributed by atoms with Gasteiger partial charge in [-0.1, -0.05) is 12.1 Å². The molecule has 1 aliphatic rings. The van der Waals surface area contributed by atoms with Crippen molar-refractivity contribution in [3.63, 3.8) is 0 Å². The number of furan rings is 1. The van der Waals surface area contributed by atoms with Crippen LogP contribution in [0.4, 0.5) is 10.1 Å². The molecular weight excluding hydrogens is 311 g/mol. The summed E-state index contributed by atoms with van der Waals surface area (Å²) in [6.45, 7) is 2.66. The number of likely N-dealkylation sites (tertiary alicyclic amines) is 1. The number of hydrogen-bond donors (Lipinski definition) is 1. The van der Waals surface area contributed by atoms with Gasteiger partial charge in [0.05, 0.1) is 23.4 Å². The van der Waals surface area contributed by atoms with Gasteiger partial charge in [0.25, 0.3) is 5.91 Å². The van der Waals surface area contributed by atoms with Crippen LogP contribution in [0, 0.1) is 18.7 Å². The van der Waals surface area contributed by atoms with Gasteiger partial charge in [-0.2, -0.15) is 0 Å². The van der Waals surface area contributed by atoms with Gasteiger partial charge in [0.1, 0.15) is 11.6 Å². The molecule has 1 N–H and O–H groups in total. The molecule has 2 heterocycles. The SMILES string of the molecule is Cc1occc1C(=O)N1CCC[C@H](C(=O)Nc2ccccc2F)C1. The quantitative estimate of drug-likeness (QED) is 0.940. The van der Waals surface area contributed by atoms with Crippen LogP contribution in [0.5, 0.6) is 0 Å². The largest absolute Gasteiger partial charge is 0.469 e. The molecule has 6 heteroatoms. The normalized spacial score (nSPS) is 17.6. The number of anilines is 1. The van der Waals surface area contributed by atoms with Crippen LogP contribution in [-0.2, 0) is 4.79 Å². The number of benzene rings is 1. The van der Waals surface area contributed by atoms with Gasteiger partial charge in [-0.15, -0.1) is 0 Å². The lowest BCUT2D eigenvalue weighted by Gasteiger charge is -2.32. The maximum atomic E-state index is 13.7. The van der Waals surface area contributed by atoms with E-state index in [2.05, 4.69) is 5.32 Å². The lowest BCUT2D eigenvalue weighted by molar-refractivity contribution is -0.121. The predicted octanol–water partition coefficient (Wildman–Crippen LogP) is 3.22. The van der Waals surface area contributed by atoms with Crippen molar-refractivity contribution < 1.29 is 18.4 Å². The number of carbonyl (C=O) groups is 2. The van der Waals surface area contributed by atoms with Crippen molar-refractivity contribution in [2.24, 2.45) is 5.92 Å². The highest BCUT2D eigenvalue weighted by Crippen LogP contribution is 2.22. The third kappa shape index (κ3) is 3.32. The Morgan fingerprint density at radius 2 is 2.08 bits per heavy atom. The van der Waals surface area contributed by atoms with E-state index >= 15 is 0 Å². The van der Waals surface area contributed by atoms with Crippen molar-refractivity contribution in [3.05, 3.63) is 53.7 Å². The highest BCUT2D eigenvalue weighted by molar-refractivity contribution is 5.96. The van der Waals surface area contributed by atoms with Crippen LogP contribution in [0.15, 0.2) is 41.0 Å². The van der Waals surface area contributed by atoms with Gasteiger partial charge in [-0.25, -0.2) is 4.39 Å². The zero-order chi connectivity index (χ0) is 17.1. The Labute approximate surface area is 139 Å². The lowest BCUT2D eigenvalue weighted by Crippen LogP contribution is -2.43. The molecule has 1 aromatic heterocycles. The Morgan fingerprint density at radius 1 is 1.29 bits per heavy atom. The minimum Gasteiger partial charge on any atom is -0.469 e. The van der Waals surface area contributed by atoms with Gasteiger partial charge in [0.2, 0.25) is 5.91 Å². The molecule has 1 fully saturated rings. The average molecular weight is 330 g/mol.